The van der Waals surface area contributed by atoms with Crippen molar-refractivity contribution >= 4 is 46.4 Å². The Balaban J connectivity index is 1.67. The van der Waals surface area contributed by atoms with Gasteiger partial charge in [-0.1, -0.05) is 29.4 Å². The fourth-order valence-corrected chi connectivity index (χ4v) is 3.41. The first kappa shape index (κ1) is 16.7. The predicted molar refractivity (Wildman–Crippen MR) is 96.7 cm³/mol. The molecule has 0 aliphatic heterocycles. The highest BCUT2D eigenvalue weighted by molar-refractivity contribution is 8.00. The summed E-state index contributed by atoms with van der Waals surface area (Å²) in [6.07, 6.45) is 1.47. The first-order valence-electron chi connectivity index (χ1n) is 6.88. The Kier molecular flexibility index (Phi) is 5.03. The second kappa shape index (κ2) is 7.20. The van der Waals surface area contributed by atoms with Gasteiger partial charge in [0.1, 0.15) is 5.82 Å². The van der Waals surface area contributed by atoms with Crippen LogP contribution in [0.4, 0.5) is 5.82 Å². The average molecular weight is 381 g/mol. The number of hydrogen-bond acceptors (Lipinski definition) is 7. The maximum absolute atomic E-state index is 12.2. The molecule has 1 atom stereocenters. The van der Waals surface area contributed by atoms with Crippen molar-refractivity contribution in [2.24, 2.45) is 0 Å². The van der Waals surface area contributed by atoms with Crippen molar-refractivity contribution in [3.63, 3.8) is 0 Å². The molecule has 7 nitrogen and oxygen atoms in total. The standard InChI is InChI=1S/C14H13ClN6OS2/c1-8(13(22)18-11-5-4-9(15)7-17-11)24-14-20-19-12(21(14)16)10-3-2-6-23-10/h2-8H,16H2,1H3,(H,17,18,22)/t8-/m1/s1. The number of nitrogens with one attached hydrogen (secondary N) is 1. The third-order valence-corrected chi connectivity index (χ3v) is 5.18. The quantitative estimate of drug-likeness (QED) is 0.521. The van der Waals surface area contributed by atoms with E-state index in [4.69, 9.17) is 17.4 Å². The number of anilines is 1. The third-order valence-electron chi connectivity index (χ3n) is 3.04. The second-order valence-electron chi connectivity index (χ2n) is 4.76. The fourth-order valence-electron chi connectivity index (χ4n) is 1.82. The molecule has 0 aliphatic carbocycles. The van der Waals surface area contributed by atoms with E-state index in [1.165, 1.54) is 34.0 Å². The van der Waals surface area contributed by atoms with E-state index in [0.717, 1.165) is 4.88 Å². The summed E-state index contributed by atoms with van der Waals surface area (Å²) in [6.45, 7) is 1.76. The highest BCUT2D eigenvalue weighted by atomic mass is 35.5. The molecular weight excluding hydrogens is 368 g/mol. The number of carbonyl (C=O) groups is 1. The van der Waals surface area contributed by atoms with Gasteiger partial charge in [0.05, 0.1) is 15.1 Å². The maximum atomic E-state index is 12.2. The van der Waals surface area contributed by atoms with Crippen LogP contribution in [0.5, 0.6) is 0 Å². The van der Waals surface area contributed by atoms with Gasteiger partial charge in [0, 0.05) is 6.20 Å². The summed E-state index contributed by atoms with van der Waals surface area (Å²) in [7, 11) is 0. The Hall–Kier alpha value is -2.10. The molecule has 24 heavy (non-hydrogen) atoms. The molecule has 0 aromatic carbocycles. The van der Waals surface area contributed by atoms with Gasteiger partial charge >= 0.3 is 0 Å². The predicted octanol–water partition coefficient (Wildman–Crippen LogP) is 2.89. The molecule has 124 valence electrons. The minimum absolute atomic E-state index is 0.213. The molecule has 3 aromatic rings. The molecule has 3 heterocycles. The Labute approximate surface area is 151 Å². The third kappa shape index (κ3) is 3.69. The van der Waals surface area contributed by atoms with E-state index in [0.29, 0.717) is 21.8 Å². The molecule has 0 fully saturated rings. The number of nitrogens with two attached hydrogens (primary N) is 1. The minimum atomic E-state index is -0.426. The number of nitrogens with zero attached hydrogens (tertiary/aromatic N) is 4. The van der Waals surface area contributed by atoms with E-state index < -0.39 is 5.25 Å². The lowest BCUT2D eigenvalue weighted by Gasteiger charge is -2.10. The molecule has 0 aliphatic rings. The molecule has 3 rings (SSSR count). The molecule has 1 amide bonds. The molecule has 0 saturated heterocycles. The molecule has 0 saturated carbocycles. The van der Waals surface area contributed by atoms with Crippen LogP contribution in [0.3, 0.4) is 0 Å². The summed E-state index contributed by atoms with van der Waals surface area (Å²) in [6, 6.07) is 7.12. The molecule has 0 spiro atoms. The number of pyridine rings is 1. The number of aromatic nitrogens is 4. The summed E-state index contributed by atoms with van der Waals surface area (Å²) in [5.74, 6) is 6.82. The fraction of sp³-hybridized carbons (Fsp3) is 0.143. The number of thioether (sulfide) groups is 1. The number of halogens is 1. The molecule has 0 unspecified atom stereocenters. The highest BCUT2D eigenvalue weighted by Gasteiger charge is 2.20. The van der Waals surface area contributed by atoms with E-state index >= 15 is 0 Å². The SMILES string of the molecule is C[C@@H](Sc1nnc(-c2cccs2)n1N)C(=O)Nc1ccc(Cl)cn1. The van der Waals surface area contributed by atoms with Crippen molar-refractivity contribution in [2.45, 2.75) is 17.3 Å². The Bertz CT molecular complexity index is 834. The number of thiophene rings is 1. The molecule has 3 aromatic heterocycles. The second-order valence-corrected chi connectivity index (χ2v) is 7.46. The van der Waals surface area contributed by atoms with E-state index in [9.17, 15) is 4.79 Å². The number of amides is 1. The number of rotatable bonds is 5. The van der Waals surface area contributed by atoms with Crippen LogP contribution in [-0.2, 0) is 4.79 Å². The zero-order chi connectivity index (χ0) is 17.1. The minimum Gasteiger partial charge on any atom is -0.335 e. The zero-order valence-corrected chi connectivity index (χ0v) is 14.9. The van der Waals surface area contributed by atoms with Crippen LogP contribution >= 0.6 is 34.7 Å². The largest absolute Gasteiger partial charge is 0.335 e. The van der Waals surface area contributed by atoms with E-state index in [-0.39, 0.29) is 5.91 Å². The Morgan fingerprint density at radius 1 is 1.42 bits per heavy atom. The Morgan fingerprint density at radius 2 is 2.25 bits per heavy atom. The summed E-state index contributed by atoms with van der Waals surface area (Å²) < 4.78 is 1.39. The summed E-state index contributed by atoms with van der Waals surface area (Å²) in [4.78, 5) is 17.2. The van der Waals surface area contributed by atoms with E-state index in [2.05, 4.69) is 20.5 Å². The zero-order valence-electron chi connectivity index (χ0n) is 12.5. The van der Waals surface area contributed by atoms with Crippen molar-refractivity contribution in [3.05, 3.63) is 40.9 Å². The van der Waals surface area contributed by atoms with Gasteiger partial charge in [0.15, 0.2) is 5.82 Å². The van der Waals surface area contributed by atoms with Crippen LogP contribution in [0.1, 0.15) is 6.92 Å². The van der Waals surface area contributed by atoms with Gasteiger partial charge in [0.25, 0.3) is 0 Å². The van der Waals surface area contributed by atoms with Crippen molar-refractivity contribution in [1.82, 2.24) is 19.9 Å². The van der Waals surface area contributed by atoms with Crippen LogP contribution in [0.2, 0.25) is 5.02 Å². The molecule has 0 bridgehead atoms. The number of hydrogen-bond donors (Lipinski definition) is 2. The maximum Gasteiger partial charge on any atom is 0.238 e. The van der Waals surface area contributed by atoms with Gasteiger partial charge in [-0.3, -0.25) is 4.79 Å². The van der Waals surface area contributed by atoms with Crippen molar-refractivity contribution in [3.8, 4) is 10.7 Å². The van der Waals surface area contributed by atoms with Gasteiger partial charge in [-0.05, 0) is 30.5 Å². The first-order valence-corrected chi connectivity index (χ1v) is 9.02. The van der Waals surface area contributed by atoms with Gasteiger partial charge in [-0.2, -0.15) is 0 Å². The number of nitrogen functional groups attached to an aromatic ring is 1. The smallest absolute Gasteiger partial charge is 0.238 e. The van der Waals surface area contributed by atoms with Crippen LogP contribution in [-0.4, -0.2) is 31.0 Å². The van der Waals surface area contributed by atoms with Crippen LogP contribution in [0, 0.1) is 0 Å². The Morgan fingerprint density at radius 3 is 2.92 bits per heavy atom. The van der Waals surface area contributed by atoms with Gasteiger partial charge in [-0.15, -0.1) is 21.5 Å². The van der Waals surface area contributed by atoms with E-state index in [1.54, 1.807) is 19.1 Å². The lowest BCUT2D eigenvalue weighted by molar-refractivity contribution is -0.115. The summed E-state index contributed by atoms with van der Waals surface area (Å²) in [5, 5.41) is 13.3. The lowest BCUT2D eigenvalue weighted by Crippen LogP contribution is -2.24. The topological polar surface area (TPSA) is 98.7 Å². The molecular formula is C14H13ClN6OS2. The normalized spacial score (nSPS) is 12.1. The summed E-state index contributed by atoms with van der Waals surface area (Å²) in [5.41, 5.74) is 0. The summed E-state index contributed by atoms with van der Waals surface area (Å²) >= 11 is 8.51. The lowest BCUT2D eigenvalue weighted by atomic mass is 10.4. The highest BCUT2D eigenvalue weighted by Crippen LogP contribution is 2.27. The van der Waals surface area contributed by atoms with Gasteiger partial charge in [-0.25, -0.2) is 9.66 Å². The number of carbonyl (C=O) groups excluding carboxylic acids is 1. The molecule has 10 heteroatoms. The first-order chi connectivity index (χ1) is 11.5. The van der Waals surface area contributed by atoms with Crippen LogP contribution in [0.15, 0.2) is 41.0 Å². The molecule has 0 radical (unpaired) electrons. The van der Waals surface area contributed by atoms with E-state index in [1.807, 2.05) is 17.5 Å². The van der Waals surface area contributed by atoms with Crippen molar-refractivity contribution in [2.75, 3.05) is 11.2 Å². The monoisotopic (exact) mass is 380 g/mol. The van der Waals surface area contributed by atoms with Crippen molar-refractivity contribution < 1.29 is 4.79 Å². The van der Waals surface area contributed by atoms with Crippen LogP contribution < -0.4 is 11.2 Å². The van der Waals surface area contributed by atoms with Crippen molar-refractivity contribution in [1.29, 1.82) is 0 Å². The van der Waals surface area contributed by atoms with Gasteiger partial charge < -0.3 is 11.2 Å². The molecule has 3 N–H and O–H groups in total. The van der Waals surface area contributed by atoms with Crippen LogP contribution in [0.25, 0.3) is 10.7 Å². The average Bonchev–Trinajstić information content (AvgIpc) is 3.20. The van der Waals surface area contributed by atoms with Gasteiger partial charge in [0.2, 0.25) is 11.1 Å².